The minimum absolute atomic E-state index is 0. The van der Waals surface area contributed by atoms with E-state index in [9.17, 15) is 9.59 Å². The van der Waals surface area contributed by atoms with Gasteiger partial charge in [-0.15, -0.1) is 0 Å². The van der Waals surface area contributed by atoms with Crippen LogP contribution < -0.4 is 33.3 Å². The fourth-order valence-electron chi connectivity index (χ4n) is 2.57. The zero-order valence-electron chi connectivity index (χ0n) is 15.9. The number of nitrogens with zero attached hydrogens (tertiary/aromatic N) is 1. The van der Waals surface area contributed by atoms with E-state index in [4.69, 9.17) is 26.2 Å². The van der Waals surface area contributed by atoms with Gasteiger partial charge >= 0.3 is 11.7 Å². The molecule has 0 radical (unpaired) electrons. The average molecular weight is 452 g/mol. The highest BCUT2D eigenvalue weighted by molar-refractivity contribution is 6.30. The number of H-pyrrole nitrogens is 1. The van der Waals surface area contributed by atoms with Gasteiger partial charge in [-0.25, -0.2) is 9.59 Å². The van der Waals surface area contributed by atoms with E-state index >= 15 is 0 Å². The predicted octanol–water partition coefficient (Wildman–Crippen LogP) is -1.72. The van der Waals surface area contributed by atoms with Gasteiger partial charge in [0.2, 0.25) is 6.04 Å². The molecule has 0 saturated heterocycles. The normalized spacial score (nSPS) is 11.3. The molecule has 0 fully saturated rings. The number of carbonyl (C=O) groups is 1. The number of aromatic nitrogens is 2. The number of methoxy groups -OCH3 is 1. The molecule has 5 N–H and O–H groups in total. The van der Waals surface area contributed by atoms with Crippen molar-refractivity contribution in [1.29, 1.82) is 0 Å². The van der Waals surface area contributed by atoms with Gasteiger partial charge in [0.25, 0.3) is 0 Å². The number of ether oxygens (including phenoxy) is 2. The number of benzene rings is 2. The molecule has 1 aromatic heterocycles. The maximum Gasteiger partial charge on any atom is 0.372 e. The van der Waals surface area contributed by atoms with E-state index < -0.39 is 24.3 Å². The summed E-state index contributed by atoms with van der Waals surface area (Å²) in [4.78, 5) is 30.7. The average Bonchev–Trinajstić information content (AvgIpc) is 2.73. The molecular weight excluding hydrogens is 433 g/mol. The van der Waals surface area contributed by atoms with Crippen molar-refractivity contribution in [3.63, 3.8) is 0 Å². The van der Waals surface area contributed by atoms with Gasteiger partial charge in [0.1, 0.15) is 6.61 Å². The number of rotatable bonds is 6. The third kappa shape index (κ3) is 5.37. The van der Waals surface area contributed by atoms with Gasteiger partial charge in [-0.2, -0.15) is 4.98 Å². The fourth-order valence-corrected chi connectivity index (χ4v) is 2.69. The molecule has 30 heavy (non-hydrogen) atoms. The SMILES string of the molecule is COc1cc(-c2cc(-c3ccc(Cl)cc3)[nH]c(=O)n2)ccc1OC(=O)[C@H]([NH3+])CO.[Cl-]. The van der Waals surface area contributed by atoms with Crippen LogP contribution >= 0.6 is 11.6 Å². The number of nitrogens with one attached hydrogen (secondary N) is 1. The van der Waals surface area contributed by atoms with Gasteiger partial charge in [0.05, 0.1) is 18.5 Å². The summed E-state index contributed by atoms with van der Waals surface area (Å²) < 4.78 is 10.5. The van der Waals surface area contributed by atoms with Crippen LogP contribution in [0.15, 0.2) is 53.3 Å². The minimum atomic E-state index is -0.907. The third-order valence-electron chi connectivity index (χ3n) is 4.12. The molecule has 0 aliphatic carbocycles. The highest BCUT2D eigenvalue weighted by atomic mass is 35.5. The molecule has 3 rings (SSSR count). The zero-order chi connectivity index (χ0) is 21.0. The van der Waals surface area contributed by atoms with Gasteiger partial charge in [-0.1, -0.05) is 23.7 Å². The summed E-state index contributed by atoms with van der Waals surface area (Å²) >= 11 is 5.92. The molecule has 10 heteroatoms. The maximum atomic E-state index is 12.1. The lowest BCUT2D eigenvalue weighted by atomic mass is 10.1. The predicted molar refractivity (Wildman–Crippen MR) is 107 cm³/mol. The van der Waals surface area contributed by atoms with Gasteiger partial charge in [0, 0.05) is 10.6 Å². The Labute approximate surface area is 183 Å². The summed E-state index contributed by atoms with van der Waals surface area (Å²) in [5.74, 6) is -0.236. The van der Waals surface area contributed by atoms with E-state index in [1.807, 2.05) is 0 Å². The van der Waals surface area contributed by atoms with Crippen LogP contribution in [0.1, 0.15) is 0 Å². The van der Waals surface area contributed by atoms with Crippen LogP contribution in [0, 0.1) is 0 Å². The second-order valence-corrected chi connectivity index (χ2v) is 6.59. The molecule has 0 aliphatic rings. The van der Waals surface area contributed by atoms with Gasteiger partial charge < -0.3 is 37.7 Å². The summed E-state index contributed by atoms with van der Waals surface area (Å²) in [6, 6.07) is 12.6. The van der Waals surface area contributed by atoms with Crippen molar-refractivity contribution in [2.24, 2.45) is 0 Å². The highest BCUT2D eigenvalue weighted by Crippen LogP contribution is 2.32. The van der Waals surface area contributed by atoms with E-state index in [2.05, 4.69) is 15.7 Å². The van der Waals surface area contributed by atoms with Crippen molar-refractivity contribution in [3.8, 4) is 34.0 Å². The number of carbonyl (C=O) groups excluding carboxylic acids is 1. The molecular formula is C20H19Cl2N3O5. The Hall–Kier alpha value is -2.91. The fraction of sp³-hybridized carbons (Fsp3) is 0.150. The molecule has 8 nitrogen and oxygen atoms in total. The first kappa shape index (κ1) is 23.4. The Morgan fingerprint density at radius 1 is 1.17 bits per heavy atom. The molecule has 0 aliphatic heterocycles. The molecule has 2 aromatic carbocycles. The lowest BCUT2D eigenvalue weighted by molar-refractivity contribution is -0.412. The molecule has 0 bridgehead atoms. The Morgan fingerprint density at radius 2 is 1.83 bits per heavy atom. The number of hydrogen-bond donors (Lipinski definition) is 3. The van der Waals surface area contributed by atoms with E-state index in [0.29, 0.717) is 22.0 Å². The van der Waals surface area contributed by atoms with Crippen molar-refractivity contribution in [1.82, 2.24) is 9.97 Å². The van der Waals surface area contributed by atoms with Crippen molar-refractivity contribution >= 4 is 17.6 Å². The summed E-state index contributed by atoms with van der Waals surface area (Å²) in [6.45, 7) is -0.427. The van der Waals surface area contributed by atoms with E-state index in [0.717, 1.165) is 5.56 Å². The van der Waals surface area contributed by atoms with E-state index in [-0.39, 0.29) is 23.9 Å². The molecule has 0 spiro atoms. The number of aromatic amines is 1. The van der Waals surface area contributed by atoms with Crippen LogP contribution in [0.2, 0.25) is 5.02 Å². The van der Waals surface area contributed by atoms with Crippen LogP contribution in [0.3, 0.4) is 0 Å². The first-order chi connectivity index (χ1) is 13.9. The Bertz CT molecular complexity index is 1090. The number of aliphatic hydroxyl groups is 1. The quantitative estimate of drug-likeness (QED) is 0.302. The van der Waals surface area contributed by atoms with Crippen LogP contribution in [-0.2, 0) is 4.79 Å². The number of hydrogen-bond acceptors (Lipinski definition) is 6. The second kappa shape index (κ2) is 10.2. The van der Waals surface area contributed by atoms with Crippen LogP contribution in [0.4, 0.5) is 0 Å². The van der Waals surface area contributed by atoms with Crippen LogP contribution in [0.5, 0.6) is 11.5 Å². The second-order valence-electron chi connectivity index (χ2n) is 6.16. The standard InChI is InChI=1S/C20H18ClN3O5.ClH/c1-28-18-8-12(4-7-17(18)29-19(26)14(22)10-25)16-9-15(23-20(27)24-16)11-2-5-13(21)6-3-11;/h2-9,14,25H,10,22H2,1H3,(H,23,24,27);1H/t14-;/m1./s1. The monoisotopic (exact) mass is 451 g/mol. The first-order valence-corrected chi connectivity index (χ1v) is 9.00. The number of halogens is 2. The van der Waals surface area contributed by atoms with Crippen molar-refractivity contribution < 1.29 is 37.5 Å². The number of esters is 1. The molecule has 0 unspecified atom stereocenters. The summed E-state index contributed by atoms with van der Waals surface area (Å²) in [5.41, 5.74) is 5.36. The molecule has 0 amide bonds. The van der Waals surface area contributed by atoms with Gasteiger partial charge in [-0.3, -0.25) is 0 Å². The Kier molecular flexibility index (Phi) is 7.96. The van der Waals surface area contributed by atoms with Crippen LogP contribution in [0.25, 0.3) is 22.5 Å². The van der Waals surface area contributed by atoms with E-state index in [1.165, 1.54) is 13.2 Å². The first-order valence-electron chi connectivity index (χ1n) is 8.62. The zero-order valence-corrected chi connectivity index (χ0v) is 17.4. The molecule has 1 heterocycles. The largest absolute Gasteiger partial charge is 1.00 e. The Morgan fingerprint density at radius 3 is 2.47 bits per heavy atom. The van der Waals surface area contributed by atoms with Crippen molar-refractivity contribution in [2.75, 3.05) is 13.7 Å². The molecule has 1 atom stereocenters. The van der Waals surface area contributed by atoms with Gasteiger partial charge in [-0.05, 0) is 42.0 Å². The summed E-state index contributed by atoms with van der Waals surface area (Å²) in [5, 5.41) is 9.61. The lowest BCUT2D eigenvalue weighted by Gasteiger charge is -2.12. The number of quaternary nitrogens is 1. The van der Waals surface area contributed by atoms with Crippen molar-refractivity contribution in [2.45, 2.75) is 6.04 Å². The third-order valence-corrected chi connectivity index (χ3v) is 4.38. The molecule has 3 aromatic rings. The van der Waals surface area contributed by atoms with E-state index in [1.54, 1.807) is 42.5 Å². The Balaban J connectivity index is 0.00000320. The molecule has 158 valence electrons. The maximum absolute atomic E-state index is 12.1. The minimum Gasteiger partial charge on any atom is -1.00 e. The van der Waals surface area contributed by atoms with Crippen molar-refractivity contribution in [3.05, 3.63) is 64.0 Å². The van der Waals surface area contributed by atoms with Gasteiger partial charge in [0.15, 0.2) is 11.5 Å². The molecule has 0 saturated carbocycles. The summed E-state index contributed by atoms with van der Waals surface area (Å²) in [7, 11) is 1.43. The summed E-state index contributed by atoms with van der Waals surface area (Å²) in [6.07, 6.45) is 0. The number of aliphatic hydroxyl groups excluding tert-OH is 1. The van der Waals surface area contributed by atoms with Crippen LogP contribution in [-0.4, -0.2) is 40.8 Å². The lowest BCUT2D eigenvalue weighted by Crippen LogP contribution is -3.00. The smallest absolute Gasteiger partial charge is 0.372 e. The topological polar surface area (TPSA) is 129 Å². The highest BCUT2D eigenvalue weighted by Gasteiger charge is 2.20.